The zero-order valence-electron chi connectivity index (χ0n) is 17.5. The van der Waals surface area contributed by atoms with Gasteiger partial charge in [-0.2, -0.15) is 0 Å². The summed E-state index contributed by atoms with van der Waals surface area (Å²) in [5.41, 5.74) is 3.05. The lowest BCUT2D eigenvalue weighted by atomic mass is 10.1. The van der Waals surface area contributed by atoms with Gasteiger partial charge in [0.15, 0.2) is 0 Å². The summed E-state index contributed by atoms with van der Waals surface area (Å²) in [5.74, 6) is -0.953. The number of aliphatic carboxylic acids is 1. The Labute approximate surface area is 204 Å². The molecule has 9 heteroatoms. The van der Waals surface area contributed by atoms with Crippen molar-refractivity contribution < 1.29 is 9.90 Å². The fraction of sp³-hybridized carbons (Fsp3) is 0.167. The number of thioether (sulfide) groups is 1. The van der Waals surface area contributed by atoms with Gasteiger partial charge in [-0.15, -0.1) is 16.9 Å². The van der Waals surface area contributed by atoms with E-state index in [1.165, 1.54) is 16.4 Å². The molecule has 1 aromatic heterocycles. The molecule has 0 saturated heterocycles. The van der Waals surface area contributed by atoms with E-state index in [1.807, 2.05) is 43.3 Å². The number of rotatable bonds is 7. The van der Waals surface area contributed by atoms with Crippen LogP contribution in [0.5, 0.6) is 0 Å². The minimum absolute atomic E-state index is 0.154. The summed E-state index contributed by atoms with van der Waals surface area (Å²) in [6, 6.07) is 18.3. The highest BCUT2D eigenvalue weighted by Gasteiger charge is 2.20. The number of halogens is 2. The van der Waals surface area contributed by atoms with Crippen LogP contribution in [0.4, 0.5) is 0 Å². The van der Waals surface area contributed by atoms with Crippen LogP contribution < -0.4 is 5.56 Å². The molecule has 0 aliphatic heterocycles. The highest BCUT2D eigenvalue weighted by molar-refractivity contribution is 8.00. The minimum Gasteiger partial charge on any atom is -0.480 e. The molecule has 168 valence electrons. The molecular weight excluding hydrogens is 481 g/mol. The maximum Gasteiger partial charge on any atom is 0.317 e. The molecule has 1 unspecified atom stereocenters. The highest BCUT2D eigenvalue weighted by Crippen LogP contribution is 2.31. The Morgan fingerprint density at radius 2 is 1.76 bits per heavy atom. The number of fused-ring (bicyclic) bond motifs is 1. The van der Waals surface area contributed by atoms with E-state index >= 15 is 0 Å². The smallest absolute Gasteiger partial charge is 0.317 e. The first-order chi connectivity index (χ1) is 15.8. The maximum atomic E-state index is 12.7. The van der Waals surface area contributed by atoms with Crippen LogP contribution in [0.15, 0.2) is 70.4 Å². The largest absolute Gasteiger partial charge is 0.480 e. The molecule has 0 bridgehead atoms. The van der Waals surface area contributed by atoms with Crippen molar-refractivity contribution in [3.63, 3.8) is 0 Å². The zero-order chi connectivity index (χ0) is 23.5. The summed E-state index contributed by atoms with van der Waals surface area (Å²) >= 11 is 13.3. The number of carboxylic acid groups (broad SMARTS) is 1. The number of hydrogen-bond acceptors (Lipinski definition) is 5. The van der Waals surface area contributed by atoms with E-state index in [2.05, 4.69) is 10.3 Å². The van der Waals surface area contributed by atoms with E-state index in [1.54, 1.807) is 24.3 Å². The Bertz CT molecular complexity index is 1390. The summed E-state index contributed by atoms with van der Waals surface area (Å²) in [5, 5.41) is 18.4. The van der Waals surface area contributed by atoms with Gasteiger partial charge in [0.2, 0.25) is 0 Å². The highest BCUT2D eigenvalue weighted by atomic mass is 35.5. The molecule has 3 aromatic carbocycles. The molecule has 1 heterocycles. The van der Waals surface area contributed by atoms with Gasteiger partial charge in [0, 0.05) is 11.4 Å². The number of aryl methyl sites for hydroxylation is 2. The van der Waals surface area contributed by atoms with Crippen LogP contribution in [0.25, 0.3) is 22.0 Å². The van der Waals surface area contributed by atoms with Crippen molar-refractivity contribution in [3.05, 3.63) is 86.6 Å². The van der Waals surface area contributed by atoms with E-state index in [-0.39, 0.29) is 18.5 Å². The van der Waals surface area contributed by atoms with E-state index in [0.717, 1.165) is 21.6 Å². The van der Waals surface area contributed by atoms with Crippen molar-refractivity contribution in [1.82, 2.24) is 15.0 Å². The van der Waals surface area contributed by atoms with Crippen LogP contribution >= 0.6 is 35.0 Å². The average Bonchev–Trinajstić information content (AvgIpc) is 2.80. The number of carbonyl (C=O) groups is 1. The van der Waals surface area contributed by atoms with Gasteiger partial charge in [-0.3, -0.25) is 9.59 Å². The first-order valence-corrected chi connectivity index (χ1v) is 11.7. The molecule has 0 radical (unpaired) electrons. The van der Waals surface area contributed by atoms with Crippen molar-refractivity contribution >= 4 is 51.8 Å². The fourth-order valence-corrected chi connectivity index (χ4v) is 4.62. The van der Waals surface area contributed by atoms with Gasteiger partial charge in [0.1, 0.15) is 10.8 Å². The minimum atomic E-state index is -0.953. The lowest BCUT2D eigenvalue weighted by Gasteiger charge is -2.13. The Morgan fingerprint density at radius 3 is 2.45 bits per heavy atom. The van der Waals surface area contributed by atoms with Crippen LogP contribution in [0.1, 0.15) is 12.0 Å². The van der Waals surface area contributed by atoms with Crippen LogP contribution in [0, 0.1) is 6.92 Å². The van der Waals surface area contributed by atoms with Crippen molar-refractivity contribution in [2.24, 2.45) is 0 Å². The maximum absolute atomic E-state index is 12.7. The van der Waals surface area contributed by atoms with E-state index in [0.29, 0.717) is 20.9 Å². The Morgan fingerprint density at radius 1 is 1.03 bits per heavy atom. The van der Waals surface area contributed by atoms with Gasteiger partial charge in [0.05, 0.1) is 15.4 Å². The second-order valence-electron chi connectivity index (χ2n) is 7.53. The lowest BCUT2D eigenvalue weighted by molar-refractivity contribution is -0.136. The third-order valence-electron chi connectivity index (χ3n) is 5.14. The number of benzene rings is 3. The molecule has 0 aliphatic rings. The first-order valence-electron chi connectivity index (χ1n) is 10.1. The molecular formula is C24H19Cl2N3O3S. The molecule has 1 atom stereocenters. The van der Waals surface area contributed by atoms with Gasteiger partial charge in [-0.1, -0.05) is 58.2 Å². The quantitative estimate of drug-likeness (QED) is 0.327. The monoisotopic (exact) mass is 499 g/mol. The van der Waals surface area contributed by atoms with Crippen LogP contribution in [0.2, 0.25) is 10.0 Å². The van der Waals surface area contributed by atoms with Gasteiger partial charge in [0.25, 0.3) is 5.56 Å². The lowest BCUT2D eigenvalue weighted by Crippen LogP contribution is -2.27. The number of carboxylic acids is 1. The predicted molar refractivity (Wildman–Crippen MR) is 132 cm³/mol. The molecule has 0 spiro atoms. The van der Waals surface area contributed by atoms with Gasteiger partial charge in [-0.05, 0) is 60.9 Å². The zero-order valence-corrected chi connectivity index (χ0v) is 19.9. The molecule has 6 nitrogen and oxygen atoms in total. The normalized spacial score (nSPS) is 12.1. The Balaban J connectivity index is 1.48. The van der Waals surface area contributed by atoms with Gasteiger partial charge >= 0.3 is 5.97 Å². The van der Waals surface area contributed by atoms with Gasteiger partial charge < -0.3 is 5.11 Å². The summed E-state index contributed by atoms with van der Waals surface area (Å²) in [7, 11) is 0. The second-order valence-corrected chi connectivity index (χ2v) is 9.62. The Kier molecular flexibility index (Phi) is 7.02. The number of hydrogen-bond donors (Lipinski definition) is 1. The molecule has 0 fully saturated rings. The third-order valence-corrected chi connectivity index (χ3v) is 7.15. The van der Waals surface area contributed by atoms with Crippen molar-refractivity contribution in [2.45, 2.75) is 30.0 Å². The van der Waals surface area contributed by atoms with Gasteiger partial charge in [-0.25, -0.2) is 4.68 Å². The van der Waals surface area contributed by atoms with Crippen molar-refractivity contribution in [3.8, 4) is 11.1 Å². The average molecular weight is 500 g/mol. The van der Waals surface area contributed by atoms with Crippen LogP contribution in [0.3, 0.4) is 0 Å². The molecule has 4 aromatic rings. The fourth-order valence-electron chi connectivity index (χ4n) is 3.37. The molecule has 33 heavy (non-hydrogen) atoms. The van der Waals surface area contributed by atoms with E-state index in [9.17, 15) is 14.7 Å². The summed E-state index contributed by atoms with van der Waals surface area (Å²) in [4.78, 5) is 25.4. The standard InChI is InChI=1S/C24H19Cl2N3O3S/c1-14-2-9-21-18(12-14)23(30)29(28-27-21)11-10-22(24(31)32)33-17-6-3-15(4-7-17)16-5-8-19(25)20(26)13-16/h2-9,12-13,22H,10-11H2,1H3,(H,31,32). The first kappa shape index (κ1) is 23.3. The number of nitrogens with zero attached hydrogens (tertiary/aromatic N) is 3. The summed E-state index contributed by atoms with van der Waals surface area (Å²) in [6.45, 7) is 2.05. The summed E-state index contributed by atoms with van der Waals surface area (Å²) in [6.07, 6.45) is 0.223. The van der Waals surface area contributed by atoms with E-state index in [4.69, 9.17) is 23.2 Å². The van der Waals surface area contributed by atoms with Crippen molar-refractivity contribution in [1.29, 1.82) is 0 Å². The van der Waals surface area contributed by atoms with Crippen molar-refractivity contribution in [2.75, 3.05) is 0 Å². The molecule has 4 rings (SSSR count). The predicted octanol–water partition coefficient (Wildman–Crippen LogP) is 5.71. The molecule has 1 N–H and O–H groups in total. The third kappa shape index (κ3) is 5.38. The second kappa shape index (κ2) is 9.95. The van der Waals surface area contributed by atoms with E-state index < -0.39 is 11.2 Å². The topological polar surface area (TPSA) is 85.1 Å². The summed E-state index contributed by atoms with van der Waals surface area (Å²) < 4.78 is 1.23. The van der Waals surface area contributed by atoms with Crippen LogP contribution in [-0.4, -0.2) is 31.3 Å². The molecule has 0 aliphatic carbocycles. The molecule has 0 amide bonds. The Hall–Kier alpha value is -2.87. The SMILES string of the molecule is Cc1ccc2nnn(CCC(Sc3ccc(-c4ccc(Cl)c(Cl)c4)cc3)C(=O)O)c(=O)c2c1. The van der Waals surface area contributed by atoms with Crippen LogP contribution in [-0.2, 0) is 11.3 Å². The number of aromatic nitrogens is 3. The molecule has 0 saturated carbocycles.